The highest BCUT2D eigenvalue weighted by Gasteiger charge is 2.55. The van der Waals surface area contributed by atoms with Crippen molar-refractivity contribution in [2.24, 2.45) is 0 Å². The third kappa shape index (κ3) is 1.40. The van der Waals surface area contributed by atoms with Crippen molar-refractivity contribution in [1.29, 1.82) is 0 Å². The summed E-state index contributed by atoms with van der Waals surface area (Å²) in [4.78, 5) is 10.7. The maximum atomic E-state index is 10.7. The summed E-state index contributed by atoms with van der Waals surface area (Å²) in [7, 11) is 0. The van der Waals surface area contributed by atoms with Gasteiger partial charge in [-0.2, -0.15) is 0 Å². The molecule has 1 aliphatic heterocycles. The van der Waals surface area contributed by atoms with Crippen LogP contribution in [0, 0.1) is 0 Å². The molecule has 1 fully saturated rings. The maximum absolute atomic E-state index is 10.7. The largest absolute Gasteiger partial charge is 0.510 e. The lowest BCUT2D eigenvalue weighted by atomic mass is 10.0. The average Bonchev–Trinajstić information content (AvgIpc) is 2.03. The van der Waals surface area contributed by atoms with Crippen LogP contribution in [0.15, 0.2) is 0 Å². The van der Waals surface area contributed by atoms with Crippen LogP contribution in [-0.2, 0) is 9.47 Å². The second kappa shape index (κ2) is 2.62. The molecule has 0 aromatic carbocycles. The van der Waals surface area contributed by atoms with Gasteiger partial charge in [-0.25, -0.2) is 4.79 Å². The number of halogens is 2. The topological polar surface area (TPSA) is 35.5 Å². The Bertz CT molecular complexity index is 192. The summed E-state index contributed by atoms with van der Waals surface area (Å²) in [5.74, 6) is 0. The van der Waals surface area contributed by atoms with Gasteiger partial charge in [-0.15, -0.1) is 0 Å². The molecule has 0 amide bonds. The van der Waals surface area contributed by atoms with E-state index < -0.39 is 16.3 Å². The third-order valence-corrected chi connectivity index (χ3v) is 4.59. The number of carbonyl (C=O) groups excluding carboxylic acids is 1. The number of rotatable bonds is 1. The molecule has 1 saturated heterocycles. The molecule has 0 aromatic rings. The van der Waals surface area contributed by atoms with E-state index in [0.29, 0.717) is 5.33 Å². The van der Waals surface area contributed by atoms with Crippen molar-refractivity contribution in [3.05, 3.63) is 0 Å². The summed E-state index contributed by atoms with van der Waals surface area (Å²) < 4.78 is 9.10. The predicted molar refractivity (Wildman–Crippen MR) is 47.1 cm³/mol. The Labute approximate surface area is 81.7 Å². The van der Waals surface area contributed by atoms with Crippen LogP contribution in [0.4, 0.5) is 4.79 Å². The van der Waals surface area contributed by atoms with Crippen LogP contribution < -0.4 is 0 Å². The molecule has 1 atom stereocenters. The van der Waals surface area contributed by atoms with Crippen molar-refractivity contribution in [3.8, 4) is 0 Å². The van der Waals surface area contributed by atoms with Crippen LogP contribution in [0.1, 0.15) is 13.8 Å². The molecule has 3 nitrogen and oxygen atoms in total. The van der Waals surface area contributed by atoms with Crippen molar-refractivity contribution in [1.82, 2.24) is 0 Å². The van der Waals surface area contributed by atoms with E-state index in [2.05, 4.69) is 31.9 Å². The standard InChI is InChI=1S/C6H8Br2O3/c1-5(2)6(8,3-7)11-4(9)10-5/h3H2,1-2H3/t6-/m0/s1. The zero-order chi connectivity index (χ0) is 8.70. The summed E-state index contributed by atoms with van der Waals surface area (Å²) in [6.07, 6.45) is -0.633. The molecule has 64 valence electrons. The molecule has 5 heteroatoms. The first-order chi connectivity index (χ1) is 4.91. The van der Waals surface area contributed by atoms with Crippen molar-refractivity contribution >= 4 is 38.0 Å². The molecule has 0 unspecified atom stereocenters. The smallest absolute Gasteiger partial charge is 0.423 e. The highest BCUT2D eigenvalue weighted by atomic mass is 79.9. The van der Waals surface area contributed by atoms with E-state index in [0.717, 1.165) is 0 Å². The Balaban J connectivity index is 2.89. The summed E-state index contributed by atoms with van der Waals surface area (Å²) in [6, 6.07) is 0. The Morgan fingerprint density at radius 3 is 2.18 bits per heavy atom. The molecule has 1 rings (SSSR count). The fourth-order valence-electron chi connectivity index (χ4n) is 0.749. The Kier molecular flexibility index (Phi) is 2.22. The number of hydrogen-bond acceptors (Lipinski definition) is 3. The highest BCUT2D eigenvalue weighted by molar-refractivity contribution is 9.12. The van der Waals surface area contributed by atoms with E-state index in [1.807, 2.05) is 0 Å². The molecular formula is C6H8Br2O3. The summed E-state index contributed by atoms with van der Waals surface area (Å²) in [5.41, 5.74) is -0.631. The van der Waals surface area contributed by atoms with Gasteiger partial charge >= 0.3 is 6.16 Å². The predicted octanol–water partition coefficient (Wildman–Crippen LogP) is 2.42. The van der Waals surface area contributed by atoms with Gasteiger partial charge in [0.2, 0.25) is 4.51 Å². The monoisotopic (exact) mass is 286 g/mol. The van der Waals surface area contributed by atoms with Crippen LogP contribution in [0.3, 0.4) is 0 Å². The zero-order valence-corrected chi connectivity index (χ0v) is 9.36. The molecule has 0 saturated carbocycles. The maximum Gasteiger partial charge on any atom is 0.510 e. The minimum Gasteiger partial charge on any atom is -0.423 e. The van der Waals surface area contributed by atoms with E-state index in [4.69, 9.17) is 9.47 Å². The van der Waals surface area contributed by atoms with Gasteiger partial charge in [0.25, 0.3) is 0 Å². The SMILES string of the molecule is CC1(C)OC(=O)O[C@@]1(Br)CBr. The summed E-state index contributed by atoms with van der Waals surface area (Å²) in [5, 5.41) is 0.499. The molecule has 1 heterocycles. The molecule has 1 aliphatic rings. The number of carbonyl (C=O) groups is 1. The van der Waals surface area contributed by atoms with Gasteiger partial charge in [-0.1, -0.05) is 15.9 Å². The number of cyclic esters (lactones) is 2. The molecule has 0 radical (unpaired) electrons. The third-order valence-electron chi connectivity index (χ3n) is 1.65. The summed E-state index contributed by atoms with van der Waals surface area (Å²) >= 11 is 6.52. The van der Waals surface area contributed by atoms with Gasteiger partial charge < -0.3 is 9.47 Å². The second-order valence-electron chi connectivity index (χ2n) is 2.83. The van der Waals surface area contributed by atoms with Crippen molar-refractivity contribution in [3.63, 3.8) is 0 Å². The van der Waals surface area contributed by atoms with E-state index in [9.17, 15) is 4.79 Å². The minimum absolute atomic E-state index is 0.499. The van der Waals surface area contributed by atoms with Gasteiger partial charge in [0.1, 0.15) is 0 Å². The van der Waals surface area contributed by atoms with Gasteiger partial charge in [0, 0.05) is 0 Å². The first kappa shape index (κ1) is 9.32. The van der Waals surface area contributed by atoms with Crippen molar-refractivity contribution in [2.75, 3.05) is 5.33 Å². The van der Waals surface area contributed by atoms with Crippen LogP contribution in [0.5, 0.6) is 0 Å². The van der Waals surface area contributed by atoms with Gasteiger partial charge in [0.15, 0.2) is 5.60 Å². The van der Waals surface area contributed by atoms with E-state index in [1.165, 1.54) is 0 Å². The number of alkyl halides is 2. The van der Waals surface area contributed by atoms with Gasteiger partial charge in [0.05, 0.1) is 5.33 Å². The van der Waals surface area contributed by atoms with Crippen molar-refractivity contribution < 1.29 is 14.3 Å². The number of hydrogen-bond donors (Lipinski definition) is 0. The van der Waals surface area contributed by atoms with E-state index in [1.54, 1.807) is 13.8 Å². The van der Waals surface area contributed by atoms with Gasteiger partial charge in [-0.3, -0.25) is 0 Å². The first-order valence-corrected chi connectivity index (χ1v) is 4.99. The molecule has 0 aliphatic carbocycles. The molecule has 0 N–H and O–H groups in total. The van der Waals surface area contributed by atoms with E-state index >= 15 is 0 Å². The lowest BCUT2D eigenvalue weighted by Gasteiger charge is -2.28. The van der Waals surface area contributed by atoms with Gasteiger partial charge in [-0.05, 0) is 29.8 Å². The molecule has 0 bridgehead atoms. The second-order valence-corrected chi connectivity index (χ2v) is 4.67. The molecule has 0 spiro atoms. The van der Waals surface area contributed by atoms with Crippen LogP contribution in [0.2, 0.25) is 0 Å². The lowest BCUT2D eigenvalue weighted by molar-refractivity contribution is 0.0620. The number of ether oxygens (including phenoxy) is 2. The average molecular weight is 288 g/mol. The normalized spacial score (nSPS) is 34.7. The Morgan fingerprint density at radius 1 is 1.45 bits per heavy atom. The minimum atomic E-state index is -0.739. The summed E-state index contributed by atoms with van der Waals surface area (Å²) in [6.45, 7) is 3.57. The highest BCUT2D eigenvalue weighted by Crippen LogP contribution is 2.42. The lowest BCUT2D eigenvalue weighted by Crippen LogP contribution is -2.43. The van der Waals surface area contributed by atoms with Crippen LogP contribution in [0.25, 0.3) is 0 Å². The van der Waals surface area contributed by atoms with Crippen LogP contribution in [-0.4, -0.2) is 21.6 Å². The molecule has 11 heavy (non-hydrogen) atoms. The first-order valence-electron chi connectivity index (χ1n) is 3.08. The van der Waals surface area contributed by atoms with Crippen LogP contribution >= 0.6 is 31.9 Å². The fraction of sp³-hybridized carbons (Fsp3) is 0.833. The van der Waals surface area contributed by atoms with Crippen molar-refractivity contribution in [2.45, 2.75) is 24.0 Å². The Morgan fingerprint density at radius 2 is 2.00 bits per heavy atom. The van der Waals surface area contributed by atoms with E-state index in [-0.39, 0.29) is 0 Å². The Hall–Kier alpha value is 0.230. The fourth-order valence-corrected chi connectivity index (χ4v) is 1.75. The quantitative estimate of drug-likeness (QED) is 0.549. The zero-order valence-electron chi connectivity index (χ0n) is 6.19. The molecule has 0 aromatic heterocycles. The molecular weight excluding hydrogens is 280 g/mol.